The fourth-order valence-corrected chi connectivity index (χ4v) is 28.8. The van der Waals surface area contributed by atoms with Gasteiger partial charge in [-0.1, -0.05) is 80.6 Å². The third-order valence-corrected chi connectivity index (χ3v) is 33.8. The zero-order valence-corrected chi connectivity index (χ0v) is 88.0. The number of nitrogens with zero attached hydrogens (tertiary/aromatic N) is 6. The zero-order chi connectivity index (χ0) is 99.0. The highest BCUT2D eigenvalue weighted by molar-refractivity contribution is 14.1. The van der Waals surface area contributed by atoms with E-state index in [4.69, 9.17) is 33.2 Å². The van der Waals surface area contributed by atoms with Crippen LogP contribution in [0.4, 0.5) is 27.9 Å². The molecule has 25 rings (SSSR count). The van der Waals surface area contributed by atoms with E-state index in [9.17, 15) is 24.8 Å². The predicted molar refractivity (Wildman–Crippen MR) is 572 cm³/mol. The van der Waals surface area contributed by atoms with Crippen LogP contribution in [0.1, 0.15) is 229 Å². The molecule has 2 heterocycles. The summed E-state index contributed by atoms with van der Waals surface area (Å²) in [6.45, 7) is 19.1. The summed E-state index contributed by atoms with van der Waals surface area (Å²) in [7, 11) is 7.42. The number of hydrogen-bond acceptors (Lipinski definition) is 23. The highest BCUT2D eigenvalue weighted by Gasteiger charge is 2.56. The molecule has 1 aliphatic heterocycles. The van der Waals surface area contributed by atoms with E-state index in [0.29, 0.717) is 142 Å². The van der Waals surface area contributed by atoms with Crippen molar-refractivity contribution in [1.82, 2.24) is 41.1 Å². The number of anilines is 4. The molecular formula is C117H162FIN12O11. The summed E-state index contributed by atoms with van der Waals surface area (Å²) < 4.78 is 53.7. The topological polar surface area (TPSA) is 275 Å². The molecule has 25 heteroatoms. The molecule has 4 atom stereocenters. The molecule has 16 saturated carbocycles. The molecule has 23 nitrogen and oxygen atoms in total. The summed E-state index contributed by atoms with van der Waals surface area (Å²) in [6, 6.07) is 55.3. The van der Waals surface area contributed by atoms with Gasteiger partial charge in [-0.25, -0.2) is 9.82 Å². The van der Waals surface area contributed by atoms with Gasteiger partial charge in [-0.15, -0.1) is 0 Å². The lowest BCUT2D eigenvalue weighted by Gasteiger charge is -2.57. The van der Waals surface area contributed by atoms with Gasteiger partial charge in [0.2, 0.25) is 17.8 Å². The van der Waals surface area contributed by atoms with Gasteiger partial charge in [0.1, 0.15) is 79.7 Å². The van der Waals surface area contributed by atoms with Crippen molar-refractivity contribution < 1.29 is 58.0 Å². The van der Waals surface area contributed by atoms with Gasteiger partial charge in [-0.2, -0.15) is 20.1 Å². The van der Waals surface area contributed by atoms with Crippen LogP contribution in [-0.2, 0) is 32.9 Å². The predicted octanol–water partition coefficient (Wildman–Crippen LogP) is 20.0. The first-order valence-corrected chi connectivity index (χ1v) is 54.7. The number of nitrogens with one attached hydrogen (secondary N) is 6. The molecule has 8 aromatic rings. The number of methoxy groups -OCH3 is 2. The molecule has 7 aromatic carbocycles. The number of aliphatic hydroxyl groups is 4. The molecule has 10 N–H and O–H groups in total. The number of ether oxygens (including phenoxy) is 7. The monoisotopic (exact) mass is 2060 g/mol. The van der Waals surface area contributed by atoms with Gasteiger partial charge < -0.3 is 90.0 Å². The van der Waals surface area contributed by atoms with E-state index in [0.717, 1.165) is 128 Å². The van der Waals surface area contributed by atoms with Gasteiger partial charge in [-0.05, 0) is 454 Å². The fourth-order valence-electron chi connectivity index (χ4n) is 28.2. The Morgan fingerprint density at radius 2 is 0.866 bits per heavy atom. The second-order valence-electron chi connectivity index (χ2n) is 46.6. The van der Waals surface area contributed by atoms with Crippen molar-refractivity contribution in [1.29, 1.82) is 0 Å². The first-order chi connectivity index (χ1) is 68.6. The molecule has 4 unspecified atom stereocenters. The average molecular weight is 2060 g/mol. The normalized spacial score (nSPS) is 28.2. The van der Waals surface area contributed by atoms with Crippen molar-refractivity contribution >= 4 is 52.3 Å². The number of hydrogen-bond donors (Lipinski definition) is 10. The number of aromatic nitrogens is 3. The van der Waals surface area contributed by atoms with Gasteiger partial charge in [0.15, 0.2) is 11.5 Å². The number of halogens is 2. The van der Waals surface area contributed by atoms with Gasteiger partial charge in [0.25, 0.3) is 0 Å². The number of benzene rings is 7. The maximum Gasteiger partial charge on any atom is 0.250 e. The molecular weight excluding hydrogens is 1900 g/mol. The fraction of sp³-hybridized carbons (Fsp3) is 0.607. The lowest BCUT2D eigenvalue weighted by molar-refractivity contribution is -0.00534. The van der Waals surface area contributed by atoms with Crippen molar-refractivity contribution in [2.45, 2.75) is 259 Å². The second-order valence-corrected chi connectivity index (χ2v) is 47.8. The lowest BCUT2D eigenvalue weighted by atomic mass is 9.48. The summed E-state index contributed by atoms with van der Waals surface area (Å²) in [4.78, 5) is 17.6. The Labute approximate surface area is 858 Å². The highest BCUT2D eigenvalue weighted by atomic mass is 127. The molecule has 1 aromatic heterocycles. The van der Waals surface area contributed by atoms with Crippen LogP contribution in [0, 0.1) is 80.4 Å². The Hall–Kier alpha value is -8.32. The average Bonchev–Trinajstić information content (AvgIpc) is 0.748. The molecule has 0 spiro atoms. The van der Waals surface area contributed by atoms with Crippen molar-refractivity contribution in [2.24, 2.45) is 76.1 Å². The largest absolute Gasteiger partial charge is 0.493 e. The Balaban J connectivity index is 0.000000122. The maximum absolute atomic E-state index is 13.2. The van der Waals surface area contributed by atoms with Crippen LogP contribution in [0.3, 0.4) is 0 Å². The zero-order valence-electron chi connectivity index (χ0n) is 85.9. The number of morpholine rings is 1. The second kappa shape index (κ2) is 48.6. The number of hydrazone groups is 1. The molecule has 770 valence electrons. The van der Waals surface area contributed by atoms with E-state index < -0.39 is 24.4 Å². The number of aliphatic hydroxyl groups excluding tert-OH is 4. The van der Waals surface area contributed by atoms with Crippen LogP contribution < -0.4 is 65.3 Å². The van der Waals surface area contributed by atoms with Crippen LogP contribution in [0.15, 0.2) is 169 Å². The Morgan fingerprint density at radius 3 is 1.25 bits per heavy atom. The van der Waals surface area contributed by atoms with E-state index in [1.165, 1.54) is 188 Å². The Kier molecular flexibility index (Phi) is 35.9. The highest BCUT2D eigenvalue weighted by Crippen LogP contribution is 2.65. The SMILES string of the molecule is CC(C)(C)NCC(O)COc1ccc(C23CC4CC(CC(C4)C2)C3)cc1.CC(C)NCC(O)COc1ccc(C23CC4CC(CC(C4)C2)C3)cc1.CN(C)CCCNCC(O)COc1ccc(C23CC4CC(CC(C4)C2)C3)cc1.COc1ccc(CNCC(O)COc2ccc(C34CC5CC(CC(C5)C3)C4)cc2)cc1OC.Fc1ccc(Nc2nc(N/N=C/c3cccc(I)c3)nc(N3CCOCC3)n2)cc1. The molecule has 16 bridgehead atoms. The van der Waals surface area contributed by atoms with Crippen molar-refractivity contribution in [3.05, 3.63) is 207 Å². The standard InChI is InChI=1S/C28H37NO4.C24H38N2O2.C23H35NO2.C22H33NO2.C20H19FIN7O/c1-31-26-8-3-19(12-27(26)32-2)16-29-17-24(30)18-33-25-6-4-23(5-7-25)28-13-20-9-21(14-28)11-22(10-20)15-28;1-26(2)9-3-8-25-16-22(27)17-28-23-6-4-21(5-7-23)24-13-18-10-19(14-24)12-20(11-18)15-24;1-22(2,3)24-14-20(25)15-26-21-6-4-19(5-7-21)23-11-16-8-17(12-23)10-18(9-16)13-23;1-15(2)23-13-20(24)14-25-21-5-3-19(4-6-21)22-10-16-7-17(11-22)9-18(8-16)12-22;21-15-4-6-17(7-5-15)24-18-25-19(27-20(26-18)29-8-10-30-11-9-29)28-23-13-14-2-1-3-16(22)12-14/h3-8,12,20-22,24,29-30H,9-11,13-18H2,1-2H3;4-7,18-20,22,25,27H,3,8-17H2,1-2H3;4-7,16-18,20,24-25H,8-15H2,1-3H3;3-6,15-18,20,23-24H,7-14H2,1-2H3;1-7,12-13H,8-11H2,(H2,24,25,26,27,28)/b;;;;23-13+. The summed E-state index contributed by atoms with van der Waals surface area (Å²) in [5, 5.41) is 61.0. The number of β-amino-alcohol motifs (C(OH)–C–C–N with tert-alkyl or cyclic N) is 1. The molecule has 0 amide bonds. The van der Waals surface area contributed by atoms with E-state index in [2.05, 4.69) is 225 Å². The summed E-state index contributed by atoms with van der Waals surface area (Å²) in [5.41, 5.74) is 13.4. The smallest absolute Gasteiger partial charge is 0.250 e. The van der Waals surface area contributed by atoms with E-state index >= 15 is 0 Å². The molecule has 142 heavy (non-hydrogen) atoms. The van der Waals surface area contributed by atoms with Crippen LogP contribution >= 0.6 is 22.6 Å². The minimum absolute atomic E-state index is 0.0144. The molecule has 0 radical (unpaired) electrons. The van der Waals surface area contributed by atoms with Gasteiger partial charge >= 0.3 is 0 Å². The van der Waals surface area contributed by atoms with Crippen molar-refractivity contribution in [3.63, 3.8) is 0 Å². The van der Waals surface area contributed by atoms with Crippen molar-refractivity contribution in [2.75, 3.05) is 136 Å². The molecule has 17 fully saturated rings. The van der Waals surface area contributed by atoms with E-state index in [1.54, 1.807) is 32.6 Å². The van der Waals surface area contributed by atoms with Crippen LogP contribution in [0.2, 0.25) is 0 Å². The van der Waals surface area contributed by atoms with Crippen LogP contribution in [-0.4, -0.2) is 203 Å². The van der Waals surface area contributed by atoms with E-state index in [1.807, 2.05) is 47.4 Å². The van der Waals surface area contributed by atoms with Crippen molar-refractivity contribution in [3.8, 4) is 34.5 Å². The molecule has 17 aliphatic rings. The first kappa shape index (κ1) is 105. The summed E-state index contributed by atoms with van der Waals surface area (Å²) in [5.74, 6) is 17.4. The Bertz CT molecular complexity index is 5150. The lowest BCUT2D eigenvalue weighted by Crippen LogP contribution is -2.48. The van der Waals surface area contributed by atoms with Gasteiger partial charge in [-0.3, -0.25) is 0 Å². The van der Waals surface area contributed by atoms with Crippen LogP contribution in [0.25, 0.3) is 0 Å². The third kappa shape index (κ3) is 28.7. The minimum Gasteiger partial charge on any atom is -0.493 e. The summed E-state index contributed by atoms with van der Waals surface area (Å²) in [6.07, 6.45) is 35.3. The van der Waals surface area contributed by atoms with Gasteiger partial charge in [0.05, 0.1) is 33.6 Å². The minimum atomic E-state index is -0.576. The number of rotatable bonds is 39. The van der Waals surface area contributed by atoms with Crippen LogP contribution in [0.5, 0.6) is 34.5 Å². The van der Waals surface area contributed by atoms with Gasteiger partial charge in [0, 0.05) is 66.7 Å². The maximum atomic E-state index is 13.2. The third-order valence-electron chi connectivity index (χ3n) is 33.2. The first-order valence-electron chi connectivity index (χ1n) is 53.7. The molecule has 1 saturated heterocycles. The quantitative estimate of drug-likeness (QED) is 0.00742. The molecule has 16 aliphatic carbocycles. The summed E-state index contributed by atoms with van der Waals surface area (Å²) >= 11 is 2.25. The Morgan fingerprint density at radius 1 is 0.479 bits per heavy atom. The van der Waals surface area contributed by atoms with E-state index in [-0.39, 0.29) is 18.0 Å².